The van der Waals surface area contributed by atoms with Gasteiger partial charge in [0, 0.05) is 13.2 Å². The highest BCUT2D eigenvalue weighted by Crippen LogP contribution is 2.28. The Morgan fingerprint density at radius 2 is 2.11 bits per heavy atom. The summed E-state index contributed by atoms with van der Waals surface area (Å²) < 4.78 is 5.70. The van der Waals surface area contributed by atoms with Crippen LogP contribution in [0.5, 0.6) is 0 Å². The molecule has 0 bridgehead atoms. The van der Waals surface area contributed by atoms with Crippen molar-refractivity contribution in [1.29, 1.82) is 0 Å². The number of hydrogen-bond acceptors (Lipinski definition) is 2. The van der Waals surface area contributed by atoms with E-state index in [0.29, 0.717) is 13.0 Å². The Morgan fingerprint density at radius 1 is 1.39 bits per heavy atom. The lowest BCUT2D eigenvalue weighted by Gasteiger charge is -2.26. The molecule has 0 radical (unpaired) electrons. The predicted octanol–water partition coefficient (Wildman–Crippen LogP) is 3.72. The summed E-state index contributed by atoms with van der Waals surface area (Å²) in [6.07, 6.45) is 6.81. The van der Waals surface area contributed by atoms with Gasteiger partial charge in [0.1, 0.15) is 0 Å². The van der Waals surface area contributed by atoms with Gasteiger partial charge in [-0.25, -0.2) is 0 Å². The zero-order valence-corrected chi connectivity index (χ0v) is 12.1. The van der Waals surface area contributed by atoms with Crippen LogP contribution in [0, 0.1) is 17.3 Å². The zero-order valence-electron chi connectivity index (χ0n) is 12.1. The van der Waals surface area contributed by atoms with Crippen LogP contribution in [0.1, 0.15) is 59.3 Å². The number of ether oxygens (including phenoxy) is 1. The largest absolute Gasteiger partial charge is 0.481 e. The molecule has 1 rings (SSSR count). The van der Waals surface area contributed by atoms with Gasteiger partial charge in [0.05, 0.1) is 5.41 Å². The first-order valence-corrected chi connectivity index (χ1v) is 7.23. The lowest BCUT2D eigenvalue weighted by molar-refractivity contribution is -0.147. The van der Waals surface area contributed by atoms with E-state index >= 15 is 0 Å². The third kappa shape index (κ3) is 5.38. The minimum atomic E-state index is -0.719. The molecular weight excluding hydrogens is 228 g/mol. The molecule has 0 amide bonds. The molecule has 0 spiro atoms. The summed E-state index contributed by atoms with van der Waals surface area (Å²) >= 11 is 0. The number of carbonyl (C=O) groups is 1. The topological polar surface area (TPSA) is 46.5 Å². The summed E-state index contributed by atoms with van der Waals surface area (Å²) in [5.41, 5.74) is -0.622. The third-order valence-electron chi connectivity index (χ3n) is 4.07. The third-order valence-corrected chi connectivity index (χ3v) is 4.07. The average Bonchev–Trinajstić information content (AvgIpc) is 2.28. The summed E-state index contributed by atoms with van der Waals surface area (Å²) in [6, 6.07) is 0. The molecule has 0 aromatic heterocycles. The highest BCUT2D eigenvalue weighted by atomic mass is 16.5. The summed E-state index contributed by atoms with van der Waals surface area (Å²) in [5, 5.41) is 8.99. The first kappa shape index (κ1) is 15.5. The minimum absolute atomic E-state index is 0.622. The Balaban J connectivity index is 2.06. The summed E-state index contributed by atoms with van der Waals surface area (Å²) in [7, 11) is 0. The fourth-order valence-corrected chi connectivity index (χ4v) is 2.68. The van der Waals surface area contributed by atoms with Crippen LogP contribution < -0.4 is 0 Å². The number of carboxylic acids is 1. The quantitative estimate of drug-likeness (QED) is 0.706. The first-order chi connectivity index (χ1) is 8.42. The Kier molecular flexibility index (Phi) is 6.13. The molecule has 0 aromatic carbocycles. The van der Waals surface area contributed by atoms with Gasteiger partial charge in [0.25, 0.3) is 0 Å². The smallest absolute Gasteiger partial charge is 0.309 e. The van der Waals surface area contributed by atoms with Crippen molar-refractivity contribution in [2.45, 2.75) is 59.3 Å². The van der Waals surface area contributed by atoms with Gasteiger partial charge in [-0.15, -0.1) is 0 Å². The molecule has 3 heteroatoms. The maximum atomic E-state index is 10.9. The van der Waals surface area contributed by atoms with Crippen LogP contribution in [0.15, 0.2) is 0 Å². The average molecular weight is 256 g/mol. The highest BCUT2D eigenvalue weighted by Gasteiger charge is 2.26. The molecule has 0 heterocycles. The van der Waals surface area contributed by atoms with Crippen LogP contribution in [-0.4, -0.2) is 24.3 Å². The van der Waals surface area contributed by atoms with Crippen LogP contribution in [0.2, 0.25) is 0 Å². The molecule has 106 valence electrons. The van der Waals surface area contributed by atoms with Crippen molar-refractivity contribution in [1.82, 2.24) is 0 Å². The summed E-state index contributed by atoms with van der Waals surface area (Å²) in [6.45, 7) is 7.43. The molecule has 3 nitrogen and oxygen atoms in total. The molecule has 0 saturated heterocycles. The first-order valence-electron chi connectivity index (χ1n) is 7.23. The predicted molar refractivity (Wildman–Crippen MR) is 72.6 cm³/mol. The molecule has 2 atom stereocenters. The van der Waals surface area contributed by atoms with Crippen LogP contribution in [0.4, 0.5) is 0 Å². The van der Waals surface area contributed by atoms with Crippen LogP contribution in [-0.2, 0) is 9.53 Å². The van der Waals surface area contributed by atoms with Crippen LogP contribution >= 0.6 is 0 Å². The number of hydrogen-bond donors (Lipinski definition) is 1. The van der Waals surface area contributed by atoms with Gasteiger partial charge >= 0.3 is 5.97 Å². The van der Waals surface area contributed by atoms with Crippen molar-refractivity contribution in [3.05, 3.63) is 0 Å². The van der Waals surface area contributed by atoms with Crippen LogP contribution in [0.3, 0.4) is 0 Å². The minimum Gasteiger partial charge on any atom is -0.481 e. The summed E-state index contributed by atoms with van der Waals surface area (Å²) in [5.74, 6) is 0.850. The monoisotopic (exact) mass is 256 g/mol. The van der Waals surface area contributed by atoms with E-state index in [9.17, 15) is 4.79 Å². The van der Waals surface area contributed by atoms with E-state index in [4.69, 9.17) is 9.84 Å². The van der Waals surface area contributed by atoms with Crippen molar-refractivity contribution in [3.63, 3.8) is 0 Å². The maximum Gasteiger partial charge on any atom is 0.309 e. The Morgan fingerprint density at radius 3 is 2.72 bits per heavy atom. The number of rotatable bonds is 7. The normalized spacial score (nSPS) is 25.1. The van der Waals surface area contributed by atoms with Crippen molar-refractivity contribution in [3.8, 4) is 0 Å². The van der Waals surface area contributed by atoms with E-state index in [1.165, 1.54) is 25.7 Å². The second kappa shape index (κ2) is 7.13. The van der Waals surface area contributed by atoms with Crippen molar-refractivity contribution in [2.75, 3.05) is 13.2 Å². The Bertz CT molecular complexity index is 260. The van der Waals surface area contributed by atoms with E-state index in [1.54, 1.807) is 13.8 Å². The standard InChI is InChI=1S/C15H28O3/c1-12-6-4-7-13(10-12)11-18-9-5-8-15(2,3)14(16)17/h12-13H,4-11H2,1-3H3,(H,16,17). The molecular formula is C15H28O3. The van der Waals surface area contributed by atoms with Crippen LogP contribution in [0.25, 0.3) is 0 Å². The molecule has 1 aliphatic carbocycles. The second-order valence-electron chi connectivity index (χ2n) is 6.51. The maximum absolute atomic E-state index is 10.9. The lowest BCUT2D eigenvalue weighted by Crippen LogP contribution is -2.24. The number of aliphatic carboxylic acids is 1. The van der Waals surface area contributed by atoms with Gasteiger partial charge in [-0.3, -0.25) is 4.79 Å². The van der Waals surface area contributed by atoms with E-state index in [2.05, 4.69) is 6.92 Å². The molecule has 18 heavy (non-hydrogen) atoms. The number of carboxylic acid groups (broad SMARTS) is 1. The van der Waals surface area contributed by atoms with Crippen molar-refractivity contribution in [2.24, 2.45) is 17.3 Å². The van der Waals surface area contributed by atoms with Gasteiger partial charge in [0.2, 0.25) is 0 Å². The second-order valence-corrected chi connectivity index (χ2v) is 6.51. The molecule has 2 unspecified atom stereocenters. The fourth-order valence-electron chi connectivity index (χ4n) is 2.68. The van der Waals surface area contributed by atoms with Gasteiger partial charge in [-0.2, -0.15) is 0 Å². The lowest BCUT2D eigenvalue weighted by atomic mass is 9.83. The molecule has 1 N–H and O–H groups in total. The summed E-state index contributed by atoms with van der Waals surface area (Å²) in [4.78, 5) is 10.9. The highest BCUT2D eigenvalue weighted by molar-refractivity contribution is 5.73. The van der Waals surface area contributed by atoms with E-state index < -0.39 is 11.4 Å². The van der Waals surface area contributed by atoms with Gasteiger partial charge in [-0.1, -0.05) is 19.8 Å². The SMILES string of the molecule is CC1CCCC(COCCCC(C)(C)C(=O)O)C1. The molecule has 1 fully saturated rings. The fraction of sp³-hybridized carbons (Fsp3) is 0.933. The zero-order chi connectivity index (χ0) is 13.6. The molecule has 0 aliphatic heterocycles. The molecule has 1 aliphatic rings. The van der Waals surface area contributed by atoms with E-state index in [0.717, 1.165) is 24.9 Å². The van der Waals surface area contributed by atoms with E-state index in [-0.39, 0.29) is 0 Å². The Hall–Kier alpha value is -0.570. The van der Waals surface area contributed by atoms with Gasteiger partial charge in [0.15, 0.2) is 0 Å². The molecule has 0 aromatic rings. The molecule has 1 saturated carbocycles. The van der Waals surface area contributed by atoms with Crippen molar-refractivity contribution >= 4 is 5.97 Å². The van der Waals surface area contributed by atoms with E-state index in [1.807, 2.05) is 0 Å². The van der Waals surface area contributed by atoms with Gasteiger partial charge < -0.3 is 9.84 Å². The van der Waals surface area contributed by atoms with Gasteiger partial charge in [-0.05, 0) is 51.4 Å². The Labute approximate surface area is 111 Å². The van der Waals surface area contributed by atoms with Crippen molar-refractivity contribution < 1.29 is 14.6 Å².